The third-order valence-electron chi connectivity index (χ3n) is 5.83. The van der Waals surface area contributed by atoms with Gasteiger partial charge in [0.25, 0.3) is 0 Å². The Bertz CT molecular complexity index is 1300. The van der Waals surface area contributed by atoms with E-state index in [1.807, 2.05) is 43.9 Å². The summed E-state index contributed by atoms with van der Waals surface area (Å²) in [7, 11) is 0. The lowest BCUT2D eigenvalue weighted by atomic mass is 10.1. The van der Waals surface area contributed by atoms with Crippen molar-refractivity contribution >= 4 is 17.2 Å². The van der Waals surface area contributed by atoms with Crippen LogP contribution in [0.25, 0.3) is 27.1 Å². The fourth-order valence-electron chi connectivity index (χ4n) is 4.31. The number of ether oxygens (including phenoxy) is 1. The van der Waals surface area contributed by atoms with Crippen molar-refractivity contribution in [1.29, 1.82) is 5.26 Å². The number of aromatic nitrogens is 3. The number of rotatable bonds is 8. The molecule has 1 fully saturated rings. The molecule has 11 nitrogen and oxygen atoms in total. The number of nitriles is 1. The van der Waals surface area contributed by atoms with Gasteiger partial charge < -0.3 is 15.0 Å². The molecule has 1 aliphatic heterocycles. The molecule has 35 heavy (non-hydrogen) atoms. The van der Waals surface area contributed by atoms with Crippen molar-refractivity contribution in [2.75, 3.05) is 24.6 Å². The van der Waals surface area contributed by atoms with Crippen LogP contribution in [0.15, 0.2) is 41.9 Å². The highest BCUT2D eigenvalue weighted by Gasteiger charge is 2.34. The number of anilines is 1. The van der Waals surface area contributed by atoms with E-state index in [9.17, 15) is 10.1 Å². The van der Waals surface area contributed by atoms with Crippen molar-refractivity contribution < 1.29 is 9.53 Å². The van der Waals surface area contributed by atoms with Gasteiger partial charge in [-0.2, -0.15) is 10.4 Å². The molecule has 1 N–H and O–H groups in total. The largest absolute Gasteiger partial charge is 0.492 e. The average molecular weight is 474 g/mol. The fourth-order valence-corrected chi connectivity index (χ4v) is 4.31. The Morgan fingerprint density at radius 2 is 2.23 bits per heavy atom. The normalized spacial score (nSPS) is 17.3. The maximum absolute atomic E-state index is 12.3. The van der Waals surface area contributed by atoms with Crippen molar-refractivity contribution in [1.82, 2.24) is 19.9 Å². The van der Waals surface area contributed by atoms with Gasteiger partial charge in [-0.05, 0) is 36.6 Å². The molecule has 2 atom stereocenters. The minimum Gasteiger partial charge on any atom is -0.492 e. The van der Waals surface area contributed by atoms with Gasteiger partial charge in [-0.15, -0.1) is 0 Å². The van der Waals surface area contributed by atoms with E-state index >= 15 is 0 Å². The summed E-state index contributed by atoms with van der Waals surface area (Å²) < 4.78 is 7.32. The molecule has 1 aliphatic rings. The van der Waals surface area contributed by atoms with Crippen LogP contribution in [-0.4, -0.2) is 52.3 Å². The first-order valence-electron chi connectivity index (χ1n) is 11.5. The first kappa shape index (κ1) is 23.9. The number of azide groups is 1. The van der Waals surface area contributed by atoms with E-state index in [0.717, 1.165) is 11.1 Å². The quantitative estimate of drug-likeness (QED) is 0.300. The number of carbonyl (C=O) groups excluding carboxylic acids is 1. The molecule has 180 valence electrons. The van der Waals surface area contributed by atoms with Gasteiger partial charge in [-0.3, -0.25) is 4.79 Å². The van der Waals surface area contributed by atoms with Gasteiger partial charge in [0.05, 0.1) is 42.2 Å². The molecule has 0 unspecified atom stereocenters. The van der Waals surface area contributed by atoms with Crippen molar-refractivity contribution in [2.24, 2.45) is 11.0 Å². The number of nitrogens with zero attached hydrogens (tertiary/aromatic N) is 8. The monoisotopic (exact) mass is 473 g/mol. The summed E-state index contributed by atoms with van der Waals surface area (Å²) in [5.41, 5.74) is 11.7. The second-order valence-electron chi connectivity index (χ2n) is 8.84. The van der Waals surface area contributed by atoms with Crippen molar-refractivity contribution in [2.45, 2.75) is 39.3 Å². The Hall–Kier alpha value is -4.29. The molecule has 11 heteroatoms. The van der Waals surface area contributed by atoms with E-state index in [0.29, 0.717) is 48.8 Å². The Morgan fingerprint density at radius 3 is 2.89 bits per heavy atom. The number of carbonyl (C=O) groups is 1. The third kappa shape index (κ3) is 5.13. The standard InChI is InChI=1S/C24H27N9O2/c1-4-35-18-8-19(24-17(9-25)11-28-33(24)12-18)16-5-6-22(27-10-16)32-13-20(21(14-32)30-31-26)29-23(34)7-15(2)3/h5-6,8,10-12,15,20-21H,4,7,13-14H2,1-3H3,(H,29,34)/t20-,21-/m1/s1. The van der Waals surface area contributed by atoms with Crippen LogP contribution in [0.2, 0.25) is 0 Å². The minimum atomic E-state index is -0.384. The maximum Gasteiger partial charge on any atom is 0.220 e. The van der Waals surface area contributed by atoms with Crippen LogP contribution in [-0.2, 0) is 4.79 Å². The molecule has 4 heterocycles. The van der Waals surface area contributed by atoms with E-state index in [1.165, 1.54) is 6.20 Å². The summed E-state index contributed by atoms with van der Waals surface area (Å²) >= 11 is 0. The van der Waals surface area contributed by atoms with Crippen LogP contribution in [0.1, 0.15) is 32.8 Å². The van der Waals surface area contributed by atoms with Gasteiger partial charge >= 0.3 is 0 Å². The van der Waals surface area contributed by atoms with Gasteiger partial charge in [0.15, 0.2) is 0 Å². The zero-order valence-corrected chi connectivity index (χ0v) is 19.9. The van der Waals surface area contributed by atoms with Gasteiger partial charge in [0, 0.05) is 41.7 Å². The van der Waals surface area contributed by atoms with Gasteiger partial charge in [0.1, 0.15) is 17.6 Å². The number of hydrogen-bond donors (Lipinski definition) is 1. The van der Waals surface area contributed by atoms with Crippen LogP contribution in [0, 0.1) is 17.2 Å². The highest BCUT2D eigenvalue weighted by Crippen LogP contribution is 2.32. The number of nitrogens with one attached hydrogen (secondary N) is 1. The number of pyridine rings is 2. The second-order valence-corrected chi connectivity index (χ2v) is 8.84. The summed E-state index contributed by atoms with van der Waals surface area (Å²) in [5, 5.41) is 20.7. The van der Waals surface area contributed by atoms with E-state index < -0.39 is 0 Å². The summed E-state index contributed by atoms with van der Waals surface area (Å²) in [6.45, 7) is 7.32. The van der Waals surface area contributed by atoms with Crippen LogP contribution in [0.3, 0.4) is 0 Å². The first-order valence-corrected chi connectivity index (χ1v) is 11.5. The molecule has 0 radical (unpaired) electrons. The molecule has 1 amide bonds. The molecular weight excluding hydrogens is 446 g/mol. The Morgan fingerprint density at radius 1 is 1.40 bits per heavy atom. The topological polar surface area (TPSA) is 144 Å². The van der Waals surface area contributed by atoms with Crippen LogP contribution in [0.5, 0.6) is 5.75 Å². The summed E-state index contributed by atoms with van der Waals surface area (Å²) in [6.07, 6.45) is 5.44. The molecular formula is C24H27N9O2. The van der Waals surface area contributed by atoms with Crippen molar-refractivity contribution in [3.8, 4) is 22.9 Å². The lowest BCUT2D eigenvalue weighted by molar-refractivity contribution is -0.122. The zero-order chi connectivity index (χ0) is 24.9. The minimum absolute atomic E-state index is 0.0550. The fraction of sp³-hybridized carbons (Fsp3) is 0.417. The van der Waals surface area contributed by atoms with E-state index in [2.05, 4.69) is 31.5 Å². The van der Waals surface area contributed by atoms with Gasteiger partial charge in [-0.1, -0.05) is 19.0 Å². The summed E-state index contributed by atoms with van der Waals surface area (Å²) in [5.74, 6) is 1.53. The van der Waals surface area contributed by atoms with Crippen molar-refractivity contribution in [3.63, 3.8) is 0 Å². The average Bonchev–Trinajstić information content (AvgIpc) is 3.42. The van der Waals surface area contributed by atoms with Crippen LogP contribution in [0.4, 0.5) is 5.82 Å². The van der Waals surface area contributed by atoms with Crippen molar-refractivity contribution in [3.05, 3.63) is 52.8 Å². The Kier molecular flexibility index (Phi) is 7.03. The summed E-state index contributed by atoms with van der Waals surface area (Å²) in [4.78, 5) is 21.9. The molecule has 4 rings (SSSR count). The lowest BCUT2D eigenvalue weighted by Crippen LogP contribution is -2.42. The van der Waals surface area contributed by atoms with E-state index in [4.69, 9.17) is 10.3 Å². The highest BCUT2D eigenvalue weighted by atomic mass is 16.5. The molecule has 0 aromatic carbocycles. The second kappa shape index (κ2) is 10.3. The number of fused-ring (bicyclic) bond motifs is 1. The maximum atomic E-state index is 12.3. The molecule has 3 aromatic rings. The van der Waals surface area contributed by atoms with Crippen LogP contribution >= 0.6 is 0 Å². The number of hydrogen-bond acceptors (Lipinski definition) is 7. The van der Waals surface area contributed by atoms with E-state index in [1.54, 1.807) is 16.9 Å². The molecule has 0 bridgehead atoms. The molecule has 0 aliphatic carbocycles. The molecule has 1 saturated heterocycles. The predicted molar refractivity (Wildman–Crippen MR) is 131 cm³/mol. The smallest absolute Gasteiger partial charge is 0.220 e. The Balaban J connectivity index is 1.60. The number of amides is 1. The highest BCUT2D eigenvalue weighted by molar-refractivity contribution is 5.85. The van der Waals surface area contributed by atoms with E-state index in [-0.39, 0.29) is 23.9 Å². The summed E-state index contributed by atoms with van der Waals surface area (Å²) in [6, 6.07) is 7.21. The SMILES string of the molecule is CCOc1cc(-c2ccc(N3C[C@@H](N=[N+]=[N-])[C@H](NC(=O)CC(C)C)C3)nc2)c2c(C#N)cnn2c1. The first-order chi connectivity index (χ1) is 16.9. The Labute approximate surface area is 202 Å². The van der Waals surface area contributed by atoms with Gasteiger partial charge in [-0.25, -0.2) is 9.50 Å². The molecule has 0 saturated carbocycles. The van der Waals surface area contributed by atoms with Crippen LogP contribution < -0.4 is 15.0 Å². The molecule has 3 aromatic heterocycles. The lowest BCUT2D eigenvalue weighted by Gasteiger charge is -2.19. The predicted octanol–water partition coefficient (Wildman–Crippen LogP) is 3.70. The van der Waals surface area contributed by atoms with Gasteiger partial charge in [0.2, 0.25) is 5.91 Å². The molecule has 0 spiro atoms. The zero-order valence-electron chi connectivity index (χ0n) is 19.9. The third-order valence-corrected chi connectivity index (χ3v) is 5.83.